The van der Waals surface area contributed by atoms with E-state index in [1.165, 1.54) is 7.11 Å². The lowest BCUT2D eigenvalue weighted by Crippen LogP contribution is -2.05. The molecular weight excluding hydrogens is 334 g/mol. The molecule has 0 radical (unpaired) electrons. The molecule has 0 aliphatic carbocycles. The highest BCUT2D eigenvalue weighted by atomic mass is 16.6. The highest BCUT2D eigenvalue weighted by Crippen LogP contribution is 2.36. The number of hydrogen-bond acceptors (Lipinski definition) is 6. The zero-order chi connectivity index (χ0) is 18.7. The topological polar surface area (TPSA) is 66.3 Å². The van der Waals surface area contributed by atoms with Crippen molar-refractivity contribution in [3.05, 3.63) is 58.8 Å². The van der Waals surface area contributed by atoms with E-state index in [1.54, 1.807) is 32.4 Å². The van der Waals surface area contributed by atoms with Gasteiger partial charge in [0, 0.05) is 17.2 Å². The molecular formula is C20H19NO5. The van der Waals surface area contributed by atoms with Crippen LogP contribution in [0.3, 0.4) is 0 Å². The molecule has 0 fully saturated rings. The van der Waals surface area contributed by atoms with E-state index in [-0.39, 0.29) is 11.6 Å². The second-order valence-corrected chi connectivity index (χ2v) is 5.65. The Kier molecular flexibility index (Phi) is 4.93. The maximum atomic E-state index is 12.2. The summed E-state index contributed by atoms with van der Waals surface area (Å²) in [6, 6.07) is 11.0. The molecule has 0 bridgehead atoms. The number of cyclic esters (lactones) is 1. The smallest absolute Gasteiger partial charge is 0.363 e. The van der Waals surface area contributed by atoms with E-state index in [9.17, 15) is 4.79 Å². The van der Waals surface area contributed by atoms with E-state index in [0.29, 0.717) is 22.8 Å². The molecule has 1 aliphatic rings. The summed E-state index contributed by atoms with van der Waals surface area (Å²) >= 11 is 0. The van der Waals surface area contributed by atoms with Gasteiger partial charge in [0.2, 0.25) is 5.90 Å². The summed E-state index contributed by atoms with van der Waals surface area (Å²) in [6.45, 7) is 1.96. The fourth-order valence-electron chi connectivity index (χ4n) is 2.62. The largest absolute Gasteiger partial charge is 0.496 e. The molecule has 0 aromatic heterocycles. The zero-order valence-corrected chi connectivity index (χ0v) is 15.0. The molecule has 6 nitrogen and oxygen atoms in total. The quantitative estimate of drug-likeness (QED) is 0.609. The molecule has 0 unspecified atom stereocenters. The molecule has 134 valence electrons. The predicted octanol–water partition coefficient (Wildman–Crippen LogP) is 3.37. The van der Waals surface area contributed by atoms with Gasteiger partial charge in [-0.2, -0.15) is 0 Å². The van der Waals surface area contributed by atoms with E-state index in [4.69, 9.17) is 18.9 Å². The molecule has 1 aliphatic heterocycles. The van der Waals surface area contributed by atoms with Gasteiger partial charge in [0.1, 0.15) is 5.75 Å². The number of benzene rings is 2. The summed E-state index contributed by atoms with van der Waals surface area (Å²) in [5.74, 6) is 1.35. The van der Waals surface area contributed by atoms with Gasteiger partial charge in [0.15, 0.2) is 17.2 Å². The predicted molar refractivity (Wildman–Crippen MR) is 97.9 cm³/mol. The summed E-state index contributed by atoms with van der Waals surface area (Å²) in [5, 5.41) is 0. The van der Waals surface area contributed by atoms with Gasteiger partial charge >= 0.3 is 5.97 Å². The molecule has 0 N–H and O–H groups in total. The summed E-state index contributed by atoms with van der Waals surface area (Å²) < 4.78 is 21.3. The second-order valence-electron chi connectivity index (χ2n) is 5.65. The number of carbonyl (C=O) groups is 1. The average Bonchev–Trinajstić information content (AvgIpc) is 3.02. The number of hydrogen-bond donors (Lipinski definition) is 0. The molecule has 0 atom stereocenters. The van der Waals surface area contributed by atoms with Crippen molar-refractivity contribution in [3.8, 4) is 17.2 Å². The normalized spacial score (nSPS) is 14.8. The highest BCUT2D eigenvalue weighted by molar-refractivity contribution is 6.13. The second kappa shape index (κ2) is 7.31. The molecule has 0 saturated heterocycles. The van der Waals surface area contributed by atoms with Crippen LogP contribution in [0.2, 0.25) is 0 Å². The van der Waals surface area contributed by atoms with E-state index in [1.807, 2.05) is 31.2 Å². The van der Waals surface area contributed by atoms with Crippen LogP contribution in [0.15, 0.2) is 47.1 Å². The lowest BCUT2D eigenvalue weighted by atomic mass is 10.1. The van der Waals surface area contributed by atoms with Crippen molar-refractivity contribution < 1.29 is 23.7 Å². The Balaban J connectivity index is 2.03. The van der Waals surface area contributed by atoms with E-state index >= 15 is 0 Å². The van der Waals surface area contributed by atoms with Gasteiger partial charge in [-0.25, -0.2) is 9.79 Å². The van der Waals surface area contributed by atoms with Gasteiger partial charge in [0.25, 0.3) is 0 Å². The number of aryl methyl sites for hydroxylation is 1. The summed E-state index contributed by atoms with van der Waals surface area (Å²) in [6.07, 6.45) is 1.60. The maximum Gasteiger partial charge on any atom is 0.363 e. The van der Waals surface area contributed by atoms with E-state index < -0.39 is 5.97 Å². The van der Waals surface area contributed by atoms with Crippen molar-refractivity contribution >= 4 is 17.9 Å². The van der Waals surface area contributed by atoms with Crippen molar-refractivity contribution in [3.63, 3.8) is 0 Å². The van der Waals surface area contributed by atoms with Crippen LogP contribution < -0.4 is 14.2 Å². The van der Waals surface area contributed by atoms with Gasteiger partial charge in [-0.05, 0) is 31.2 Å². The number of esters is 1. The minimum absolute atomic E-state index is 0.187. The Bertz CT molecular complexity index is 914. The van der Waals surface area contributed by atoms with Crippen LogP contribution in [0.1, 0.15) is 16.7 Å². The van der Waals surface area contributed by atoms with Gasteiger partial charge < -0.3 is 18.9 Å². The number of methoxy groups -OCH3 is 3. The Hall–Kier alpha value is -3.28. The van der Waals surface area contributed by atoms with Crippen LogP contribution in [0.25, 0.3) is 6.08 Å². The summed E-state index contributed by atoms with van der Waals surface area (Å²) in [4.78, 5) is 16.6. The summed E-state index contributed by atoms with van der Waals surface area (Å²) in [5.41, 5.74) is 2.62. The number of aliphatic imine (C=N–C) groups is 1. The Morgan fingerprint density at radius 3 is 2.31 bits per heavy atom. The first kappa shape index (κ1) is 17.5. The molecule has 2 aromatic rings. The first-order chi connectivity index (χ1) is 12.5. The third-order valence-electron chi connectivity index (χ3n) is 3.91. The van der Waals surface area contributed by atoms with E-state index in [0.717, 1.165) is 11.1 Å². The number of carbonyl (C=O) groups excluding carboxylic acids is 1. The van der Waals surface area contributed by atoms with Gasteiger partial charge in [-0.3, -0.25) is 0 Å². The standard InChI is InChI=1S/C20H19NO5/c1-12-6-5-7-13(8-12)19-21-15(20(22)26-19)9-14-10-17(24-3)18(25-4)11-16(14)23-2/h5-11H,1-4H3/b15-9-. The first-order valence-electron chi connectivity index (χ1n) is 7.95. The maximum absolute atomic E-state index is 12.2. The zero-order valence-electron chi connectivity index (χ0n) is 15.0. The molecule has 6 heteroatoms. The minimum Gasteiger partial charge on any atom is -0.496 e. The molecule has 26 heavy (non-hydrogen) atoms. The fourth-order valence-corrected chi connectivity index (χ4v) is 2.62. The van der Waals surface area contributed by atoms with Crippen LogP contribution >= 0.6 is 0 Å². The average molecular weight is 353 g/mol. The van der Waals surface area contributed by atoms with E-state index in [2.05, 4.69) is 4.99 Å². The van der Waals surface area contributed by atoms with Crippen molar-refractivity contribution in [1.29, 1.82) is 0 Å². The number of ether oxygens (including phenoxy) is 4. The van der Waals surface area contributed by atoms with Crippen molar-refractivity contribution in [1.82, 2.24) is 0 Å². The Labute approximate surface area is 151 Å². The lowest BCUT2D eigenvalue weighted by molar-refractivity contribution is -0.129. The van der Waals surface area contributed by atoms with Crippen molar-refractivity contribution in [2.24, 2.45) is 4.99 Å². The van der Waals surface area contributed by atoms with Crippen molar-refractivity contribution in [2.45, 2.75) is 6.92 Å². The van der Waals surface area contributed by atoms with Crippen LogP contribution in [0, 0.1) is 6.92 Å². The molecule has 0 saturated carbocycles. The van der Waals surface area contributed by atoms with Crippen LogP contribution in [0.4, 0.5) is 0 Å². The Morgan fingerprint density at radius 2 is 1.65 bits per heavy atom. The monoisotopic (exact) mass is 353 g/mol. The SMILES string of the molecule is COc1cc(OC)c(OC)cc1/C=C1\N=C(c2cccc(C)c2)OC1=O. The lowest BCUT2D eigenvalue weighted by Gasteiger charge is -2.12. The summed E-state index contributed by atoms with van der Waals surface area (Å²) in [7, 11) is 4.62. The van der Waals surface area contributed by atoms with Gasteiger partial charge in [-0.15, -0.1) is 0 Å². The number of nitrogens with zero attached hydrogens (tertiary/aromatic N) is 1. The Morgan fingerprint density at radius 1 is 0.962 bits per heavy atom. The molecule has 1 heterocycles. The fraction of sp³-hybridized carbons (Fsp3) is 0.200. The third kappa shape index (κ3) is 3.39. The van der Waals surface area contributed by atoms with Gasteiger partial charge in [0.05, 0.1) is 21.3 Å². The number of rotatable bonds is 5. The third-order valence-corrected chi connectivity index (χ3v) is 3.91. The van der Waals surface area contributed by atoms with Crippen LogP contribution in [-0.4, -0.2) is 33.2 Å². The minimum atomic E-state index is -0.515. The van der Waals surface area contributed by atoms with Gasteiger partial charge in [-0.1, -0.05) is 17.7 Å². The molecule has 0 spiro atoms. The van der Waals surface area contributed by atoms with Crippen LogP contribution in [0.5, 0.6) is 17.2 Å². The van der Waals surface area contributed by atoms with Crippen molar-refractivity contribution in [2.75, 3.05) is 21.3 Å². The molecule has 0 amide bonds. The van der Waals surface area contributed by atoms with Crippen LogP contribution in [-0.2, 0) is 9.53 Å². The molecule has 2 aromatic carbocycles. The first-order valence-corrected chi connectivity index (χ1v) is 7.95. The molecule has 3 rings (SSSR count). The highest BCUT2D eigenvalue weighted by Gasteiger charge is 2.25.